The number of rotatable bonds is 9. The third-order valence-corrected chi connectivity index (χ3v) is 13.6. The van der Waals surface area contributed by atoms with E-state index >= 15 is 0 Å². The summed E-state index contributed by atoms with van der Waals surface area (Å²) in [5.41, 5.74) is 0. The number of hydrogen-bond donors (Lipinski definition) is 0. The van der Waals surface area contributed by atoms with Crippen molar-refractivity contribution < 1.29 is 17.5 Å². The first-order valence-corrected chi connectivity index (χ1v) is 15.7. The molecule has 32 heavy (non-hydrogen) atoms. The van der Waals surface area contributed by atoms with Gasteiger partial charge in [-0.25, -0.2) is 0 Å². The van der Waals surface area contributed by atoms with Crippen LogP contribution >= 0.6 is 15.8 Å². The molecule has 0 fully saturated rings. The van der Waals surface area contributed by atoms with Crippen LogP contribution in [0.1, 0.15) is 13.3 Å². The third kappa shape index (κ3) is 6.19. The summed E-state index contributed by atoms with van der Waals surface area (Å²) in [5.74, 6) is 0. The van der Waals surface area contributed by atoms with Crippen molar-refractivity contribution >= 4 is 41.5 Å². The van der Waals surface area contributed by atoms with Crippen LogP contribution in [0, 0.1) is 0 Å². The van der Waals surface area contributed by atoms with Gasteiger partial charge < -0.3 is 0 Å². The van der Waals surface area contributed by atoms with E-state index in [1.807, 2.05) is 0 Å². The molecule has 0 aliphatic carbocycles. The van der Waals surface area contributed by atoms with Crippen LogP contribution in [0.5, 0.6) is 0 Å². The minimum absolute atomic E-state index is 0.352. The molecule has 3 heteroatoms. The van der Waals surface area contributed by atoms with Crippen molar-refractivity contribution in [1.29, 1.82) is 0 Å². The average molecular weight is 546 g/mol. The fourth-order valence-corrected chi connectivity index (χ4v) is 12.9. The Balaban J connectivity index is 1.66. The summed E-state index contributed by atoms with van der Waals surface area (Å²) >= 11 is 0.636. The van der Waals surface area contributed by atoms with Crippen LogP contribution in [-0.2, 0) is 17.5 Å². The first kappa shape index (κ1) is 23.4. The Morgan fingerprint density at radius 1 is 0.594 bits per heavy atom. The van der Waals surface area contributed by atoms with Crippen LogP contribution in [0.15, 0.2) is 121 Å². The Morgan fingerprint density at radius 2 is 0.969 bits per heavy atom. The molecule has 1 unspecified atom stereocenters. The standard InChI is InChI=1S/C27H25P2.C2H4.Pd/c1-5-14-24(15-6-1)28(25-16-7-2-8-17-25)22-13-23-29(26-18-9-3-10-19-26)27-20-11-4-12-21-27;1-2;/h1-12,14-22H,13,23H2;1H,2H3;. The molecule has 0 spiro atoms. The Hall–Kier alpha value is -1.73. The Labute approximate surface area is 203 Å². The Kier molecular flexibility index (Phi) is 9.15. The van der Waals surface area contributed by atoms with E-state index in [0.717, 1.165) is 0 Å². The molecule has 0 bridgehead atoms. The topological polar surface area (TPSA) is 0 Å². The van der Waals surface area contributed by atoms with E-state index in [2.05, 4.69) is 133 Å². The molecule has 165 valence electrons. The van der Waals surface area contributed by atoms with E-state index < -0.39 is 0 Å². The molecule has 4 aromatic rings. The maximum absolute atomic E-state index is 2.42. The van der Waals surface area contributed by atoms with Gasteiger partial charge in [0, 0.05) is 0 Å². The minimum atomic E-state index is -0.387. The zero-order valence-corrected chi connectivity index (χ0v) is 21.7. The van der Waals surface area contributed by atoms with Crippen molar-refractivity contribution in [1.82, 2.24) is 0 Å². The van der Waals surface area contributed by atoms with Gasteiger partial charge in [-0.2, -0.15) is 0 Å². The predicted molar refractivity (Wildman–Crippen MR) is 143 cm³/mol. The predicted octanol–water partition coefficient (Wildman–Crippen LogP) is 5.87. The second-order valence-electron chi connectivity index (χ2n) is 7.33. The van der Waals surface area contributed by atoms with Gasteiger partial charge in [-0.3, -0.25) is 0 Å². The summed E-state index contributed by atoms with van der Waals surface area (Å²) in [5, 5.41) is 5.98. The molecule has 0 amide bonds. The van der Waals surface area contributed by atoms with Gasteiger partial charge in [-0.1, -0.05) is 0 Å². The molecule has 0 aromatic heterocycles. The number of hydrogen-bond acceptors (Lipinski definition) is 0. The first-order valence-electron chi connectivity index (χ1n) is 11.0. The van der Waals surface area contributed by atoms with E-state index in [1.165, 1.54) is 33.8 Å². The van der Waals surface area contributed by atoms with Gasteiger partial charge >= 0.3 is 204 Å². The fourth-order valence-electron chi connectivity index (χ4n) is 3.83. The van der Waals surface area contributed by atoms with Crippen LogP contribution in [0.3, 0.4) is 0 Å². The molecule has 4 aromatic carbocycles. The average Bonchev–Trinajstić information content (AvgIpc) is 2.87. The molecular formula is C29H29P2Pd. The zero-order chi connectivity index (χ0) is 22.0. The summed E-state index contributed by atoms with van der Waals surface area (Å²) in [6.07, 6.45) is 2.49. The molecule has 0 saturated carbocycles. The van der Waals surface area contributed by atoms with E-state index in [-0.39, 0.29) is 15.8 Å². The van der Waals surface area contributed by atoms with E-state index in [4.69, 9.17) is 0 Å². The van der Waals surface area contributed by atoms with Crippen molar-refractivity contribution in [2.45, 2.75) is 17.5 Å². The van der Waals surface area contributed by atoms with Crippen LogP contribution in [0.2, 0.25) is 0 Å². The Morgan fingerprint density at radius 3 is 1.34 bits per heavy atom. The summed E-state index contributed by atoms with van der Waals surface area (Å²) < 4.78 is 3.11. The molecule has 0 radical (unpaired) electrons. The fraction of sp³-hybridized carbons (Fsp3) is 0.138. The second kappa shape index (κ2) is 12.5. The first-order chi connectivity index (χ1) is 15.9. The van der Waals surface area contributed by atoms with E-state index in [9.17, 15) is 0 Å². The zero-order valence-electron chi connectivity index (χ0n) is 18.3. The molecule has 0 heterocycles. The van der Waals surface area contributed by atoms with Gasteiger partial charge in [0.15, 0.2) is 0 Å². The van der Waals surface area contributed by atoms with Gasteiger partial charge in [-0.05, 0) is 0 Å². The van der Waals surface area contributed by atoms with Crippen molar-refractivity contribution in [3.63, 3.8) is 0 Å². The van der Waals surface area contributed by atoms with E-state index in [0.29, 0.717) is 21.7 Å². The molecule has 0 aliphatic heterocycles. The van der Waals surface area contributed by atoms with Crippen LogP contribution in [0.25, 0.3) is 0 Å². The molecule has 0 nitrogen and oxygen atoms in total. The quantitative estimate of drug-likeness (QED) is 0.182. The Bertz CT molecular complexity index is 1000. The SMILES string of the molecule is C[CH]=[Pd][CH](CCP(c1ccccc1)c1ccccc1)P(c1ccccc1)c1ccccc1. The van der Waals surface area contributed by atoms with Gasteiger partial charge in [0.2, 0.25) is 0 Å². The molecule has 0 aliphatic rings. The van der Waals surface area contributed by atoms with Gasteiger partial charge in [-0.15, -0.1) is 0 Å². The summed E-state index contributed by atoms with van der Waals surface area (Å²) in [4.78, 5) is 0. The normalized spacial score (nSPS) is 13.0. The molecular weight excluding hydrogens is 517 g/mol. The third-order valence-electron chi connectivity index (χ3n) is 5.27. The van der Waals surface area contributed by atoms with Crippen molar-refractivity contribution in [2.24, 2.45) is 0 Å². The van der Waals surface area contributed by atoms with Crippen LogP contribution in [-0.4, -0.2) is 14.8 Å². The van der Waals surface area contributed by atoms with Crippen molar-refractivity contribution in [3.05, 3.63) is 121 Å². The van der Waals surface area contributed by atoms with Gasteiger partial charge in [0.05, 0.1) is 0 Å². The summed E-state index contributed by atoms with van der Waals surface area (Å²) in [6.45, 7) is 2.24. The van der Waals surface area contributed by atoms with Crippen molar-refractivity contribution in [2.75, 3.05) is 6.16 Å². The van der Waals surface area contributed by atoms with Crippen molar-refractivity contribution in [3.8, 4) is 0 Å². The number of benzene rings is 4. The van der Waals surface area contributed by atoms with Crippen LogP contribution in [0.4, 0.5) is 0 Å². The second-order valence-corrected chi connectivity index (χ2v) is 15.2. The molecule has 0 N–H and O–H groups in total. The van der Waals surface area contributed by atoms with E-state index in [1.54, 1.807) is 0 Å². The monoisotopic (exact) mass is 545 g/mol. The van der Waals surface area contributed by atoms with Crippen LogP contribution < -0.4 is 21.2 Å². The van der Waals surface area contributed by atoms with Gasteiger partial charge in [0.1, 0.15) is 0 Å². The molecule has 4 rings (SSSR count). The molecule has 0 saturated heterocycles. The summed E-state index contributed by atoms with van der Waals surface area (Å²) in [6, 6.07) is 44.7. The summed E-state index contributed by atoms with van der Waals surface area (Å²) in [7, 11) is -0.740. The van der Waals surface area contributed by atoms with Gasteiger partial charge in [0.25, 0.3) is 0 Å². The maximum atomic E-state index is 2.42. The molecule has 1 atom stereocenters.